The Kier molecular flexibility index (Phi) is 6.21. The summed E-state index contributed by atoms with van der Waals surface area (Å²) in [6.07, 6.45) is -3.52. The Hall–Kier alpha value is -3.42. The molecule has 4 aromatic rings. The fourth-order valence-electron chi connectivity index (χ4n) is 4.69. The highest BCUT2D eigenvalue weighted by Gasteiger charge is 2.30. The lowest BCUT2D eigenvalue weighted by Gasteiger charge is -2.29. The normalized spacial score (nSPS) is 14.0. The molecule has 35 heavy (non-hydrogen) atoms. The molecule has 0 spiro atoms. The number of halogens is 3. The SMILES string of the molecule is NC(=O)c1c(-c2ccc(C(F)(F)F)cc2)cccc1-c1ccc2c(c1)CCN(Cc1ccsc1)C2. The molecule has 2 N–H and O–H groups in total. The fraction of sp³-hybridized carbons (Fsp3) is 0.179. The largest absolute Gasteiger partial charge is 0.416 e. The molecule has 1 aliphatic heterocycles. The zero-order chi connectivity index (χ0) is 24.6. The molecule has 5 rings (SSSR count). The van der Waals surface area contributed by atoms with Crippen LogP contribution in [-0.2, 0) is 25.7 Å². The van der Waals surface area contributed by atoms with Crippen molar-refractivity contribution in [3.05, 3.63) is 105 Å². The number of carbonyl (C=O) groups is 1. The first kappa shape index (κ1) is 23.3. The maximum Gasteiger partial charge on any atom is 0.416 e. The molecule has 1 aromatic heterocycles. The molecule has 1 aliphatic rings. The van der Waals surface area contributed by atoms with E-state index in [1.807, 2.05) is 12.1 Å². The molecule has 3 nitrogen and oxygen atoms in total. The number of nitrogens with zero attached hydrogens (tertiary/aromatic N) is 1. The number of thiophene rings is 1. The highest BCUT2D eigenvalue weighted by atomic mass is 32.1. The maximum absolute atomic E-state index is 13.0. The monoisotopic (exact) mass is 492 g/mol. The van der Waals surface area contributed by atoms with Crippen molar-refractivity contribution < 1.29 is 18.0 Å². The highest BCUT2D eigenvalue weighted by Crippen LogP contribution is 2.36. The minimum atomic E-state index is -4.42. The molecular weight excluding hydrogens is 469 g/mol. The average Bonchev–Trinajstić information content (AvgIpc) is 3.36. The smallest absolute Gasteiger partial charge is 0.366 e. The zero-order valence-electron chi connectivity index (χ0n) is 18.8. The molecule has 0 atom stereocenters. The molecular formula is C28H23F3N2OS. The Balaban J connectivity index is 1.47. The Labute approximate surface area is 205 Å². The number of hydrogen-bond donors (Lipinski definition) is 1. The van der Waals surface area contributed by atoms with Crippen LogP contribution in [0.25, 0.3) is 22.3 Å². The van der Waals surface area contributed by atoms with Gasteiger partial charge in [-0.05, 0) is 74.3 Å². The predicted octanol–water partition coefficient (Wildman–Crippen LogP) is 6.76. The van der Waals surface area contributed by atoms with Crippen molar-refractivity contribution in [2.24, 2.45) is 5.73 Å². The van der Waals surface area contributed by atoms with Crippen LogP contribution in [-0.4, -0.2) is 17.4 Å². The van der Waals surface area contributed by atoms with Crippen LogP contribution in [0.5, 0.6) is 0 Å². The molecule has 0 radical (unpaired) electrons. The summed E-state index contributed by atoms with van der Waals surface area (Å²) < 4.78 is 39.0. The first-order valence-electron chi connectivity index (χ1n) is 11.3. The molecule has 0 unspecified atom stereocenters. The highest BCUT2D eigenvalue weighted by molar-refractivity contribution is 7.07. The number of carbonyl (C=O) groups excluding carboxylic acids is 1. The molecule has 0 bridgehead atoms. The number of fused-ring (bicyclic) bond motifs is 1. The lowest BCUT2D eigenvalue weighted by atomic mass is 9.88. The van der Waals surface area contributed by atoms with Crippen molar-refractivity contribution in [1.29, 1.82) is 0 Å². The summed E-state index contributed by atoms with van der Waals surface area (Å²) in [6, 6.07) is 18.5. The topological polar surface area (TPSA) is 46.3 Å². The summed E-state index contributed by atoms with van der Waals surface area (Å²) >= 11 is 1.70. The van der Waals surface area contributed by atoms with Gasteiger partial charge in [0, 0.05) is 19.6 Å². The van der Waals surface area contributed by atoms with Gasteiger partial charge in [-0.2, -0.15) is 24.5 Å². The molecule has 1 amide bonds. The van der Waals surface area contributed by atoms with Gasteiger partial charge in [-0.15, -0.1) is 0 Å². The van der Waals surface area contributed by atoms with E-state index in [-0.39, 0.29) is 0 Å². The van der Waals surface area contributed by atoms with E-state index in [0.29, 0.717) is 22.3 Å². The summed E-state index contributed by atoms with van der Waals surface area (Å²) in [5.74, 6) is -0.616. The fourth-order valence-corrected chi connectivity index (χ4v) is 5.35. The second-order valence-corrected chi connectivity index (χ2v) is 9.52. The van der Waals surface area contributed by atoms with E-state index in [2.05, 4.69) is 33.9 Å². The molecule has 0 aliphatic carbocycles. The van der Waals surface area contributed by atoms with E-state index in [9.17, 15) is 18.0 Å². The van der Waals surface area contributed by atoms with Crippen LogP contribution < -0.4 is 5.73 Å². The standard InChI is InChI=1S/C28H23F3N2OS/c29-28(30,31)23-8-6-19(7-9-23)24-2-1-3-25(26(24)27(32)34)21-4-5-22-16-33(12-10-20(22)14-21)15-18-11-13-35-17-18/h1-9,11,13-14,17H,10,12,15-16H2,(H2,32,34). The molecule has 3 aromatic carbocycles. The summed E-state index contributed by atoms with van der Waals surface area (Å²) in [5.41, 5.74) is 11.8. The van der Waals surface area contributed by atoms with Crippen molar-refractivity contribution in [2.75, 3.05) is 6.54 Å². The minimum Gasteiger partial charge on any atom is -0.366 e. The van der Waals surface area contributed by atoms with Gasteiger partial charge < -0.3 is 5.73 Å². The van der Waals surface area contributed by atoms with Gasteiger partial charge in [-0.1, -0.05) is 48.5 Å². The van der Waals surface area contributed by atoms with E-state index in [4.69, 9.17) is 5.73 Å². The van der Waals surface area contributed by atoms with E-state index in [1.165, 1.54) is 28.8 Å². The number of alkyl halides is 3. The van der Waals surface area contributed by atoms with Crippen molar-refractivity contribution >= 4 is 17.2 Å². The van der Waals surface area contributed by atoms with E-state index in [0.717, 1.165) is 43.8 Å². The minimum absolute atomic E-state index is 0.308. The van der Waals surface area contributed by atoms with Crippen molar-refractivity contribution in [3.63, 3.8) is 0 Å². The lowest BCUT2D eigenvalue weighted by molar-refractivity contribution is -0.137. The number of primary amides is 1. The second-order valence-electron chi connectivity index (χ2n) is 8.74. The number of amides is 1. The van der Waals surface area contributed by atoms with Gasteiger partial charge in [0.1, 0.15) is 0 Å². The third kappa shape index (κ3) is 4.88. The lowest BCUT2D eigenvalue weighted by Crippen LogP contribution is -2.29. The number of benzene rings is 3. The van der Waals surface area contributed by atoms with Crippen LogP contribution in [0.3, 0.4) is 0 Å². The molecule has 0 fully saturated rings. The summed E-state index contributed by atoms with van der Waals surface area (Å²) in [7, 11) is 0. The Morgan fingerprint density at radius 3 is 2.31 bits per heavy atom. The predicted molar refractivity (Wildman–Crippen MR) is 133 cm³/mol. The third-order valence-electron chi connectivity index (χ3n) is 6.43. The third-order valence-corrected chi connectivity index (χ3v) is 7.16. The van der Waals surface area contributed by atoms with Crippen LogP contribution >= 0.6 is 11.3 Å². The number of nitrogens with two attached hydrogens (primary N) is 1. The summed E-state index contributed by atoms with van der Waals surface area (Å²) in [4.78, 5) is 15.0. The van der Waals surface area contributed by atoms with Gasteiger partial charge in [0.05, 0.1) is 11.1 Å². The quantitative estimate of drug-likeness (QED) is 0.335. The van der Waals surface area contributed by atoms with Gasteiger partial charge in [0.15, 0.2) is 0 Å². The van der Waals surface area contributed by atoms with Gasteiger partial charge in [-0.25, -0.2) is 0 Å². The Morgan fingerprint density at radius 1 is 0.943 bits per heavy atom. The van der Waals surface area contributed by atoms with E-state index < -0.39 is 17.6 Å². The van der Waals surface area contributed by atoms with Crippen LogP contribution in [0, 0.1) is 0 Å². The molecule has 178 valence electrons. The van der Waals surface area contributed by atoms with Crippen molar-refractivity contribution in [1.82, 2.24) is 4.90 Å². The van der Waals surface area contributed by atoms with Crippen LogP contribution in [0.4, 0.5) is 13.2 Å². The van der Waals surface area contributed by atoms with E-state index in [1.54, 1.807) is 23.5 Å². The first-order chi connectivity index (χ1) is 16.8. The van der Waals surface area contributed by atoms with Crippen LogP contribution in [0.1, 0.15) is 32.6 Å². The number of hydrogen-bond acceptors (Lipinski definition) is 3. The second kappa shape index (κ2) is 9.32. The molecule has 0 saturated carbocycles. The molecule has 7 heteroatoms. The molecule has 0 saturated heterocycles. The van der Waals surface area contributed by atoms with Crippen molar-refractivity contribution in [2.45, 2.75) is 25.7 Å². The van der Waals surface area contributed by atoms with Crippen LogP contribution in [0.2, 0.25) is 0 Å². The van der Waals surface area contributed by atoms with Crippen LogP contribution in [0.15, 0.2) is 77.5 Å². The van der Waals surface area contributed by atoms with Crippen molar-refractivity contribution in [3.8, 4) is 22.3 Å². The van der Waals surface area contributed by atoms with Gasteiger partial charge >= 0.3 is 6.18 Å². The average molecular weight is 493 g/mol. The summed E-state index contributed by atoms with van der Waals surface area (Å²) in [5, 5.41) is 4.27. The first-order valence-corrected chi connectivity index (χ1v) is 12.2. The zero-order valence-corrected chi connectivity index (χ0v) is 19.6. The summed E-state index contributed by atoms with van der Waals surface area (Å²) in [6.45, 7) is 2.73. The molecule has 2 heterocycles. The maximum atomic E-state index is 13.0. The Morgan fingerprint density at radius 2 is 1.66 bits per heavy atom. The Bertz CT molecular complexity index is 1360. The van der Waals surface area contributed by atoms with Gasteiger partial charge in [-0.3, -0.25) is 9.69 Å². The van der Waals surface area contributed by atoms with Gasteiger partial charge in [0.2, 0.25) is 5.91 Å². The van der Waals surface area contributed by atoms with Gasteiger partial charge in [0.25, 0.3) is 0 Å². The number of rotatable bonds is 5. The van der Waals surface area contributed by atoms with E-state index >= 15 is 0 Å².